The van der Waals surface area contributed by atoms with E-state index in [1.165, 1.54) is 31.4 Å². The van der Waals surface area contributed by atoms with Crippen LogP contribution in [0.5, 0.6) is 0 Å². The zero-order chi connectivity index (χ0) is 16.0. The first-order chi connectivity index (χ1) is 10.5. The summed E-state index contributed by atoms with van der Waals surface area (Å²) in [5.74, 6) is 1.31. The van der Waals surface area contributed by atoms with Gasteiger partial charge in [-0.2, -0.15) is 11.8 Å². The van der Waals surface area contributed by atoms with Gasteiger partial charge in [0.2, 0.25) is 0 Å². The lowest BCUT2D eigenvalue weighted by molar-refractivity contribution is 0.00999. The lowest BCUT2D eigenvalue weighted by atomic mass is 10.0. The molecule has 1 amide bonds. The highest BCUT2D eigenvalue weighted by atomic mass is 32.2. The van der Waals surface area contributed by atoms with Crippen LogP contribution in [0.1, 0.15) is 59.3 Å². The molecule has 2 aliphatic rings. The molecule has 128 valence electrons. The molecule has 5 heteroatoms. The van der Waals surface area contributed by atoms with Gasteiger partial charge in [-0.3, -0.25) is 0 Å². The van der Waals surface area contributed by atoms with Crippen molar-refractivity contribution in [2.75, 3.05) is 25.4 Å². The van der Waals surface area contributed by atoms with Crippen LogP contribution < -0.4 is 5.32 Å². The number of rotatable bonds is 4. The molecular weight excluding hydrogens is 296 g/mol. The summed E-state index contributed by atoms with van der Waals surface area (Å²) in [5, 5.41) is 4.36. The monoisotopic (exact) mass is 328 g/mol. The van der Waals surface area contributed by atoms with E-state index in [0.717, 1.165) is 37.7 Å². The summed E-state index contributed by atoms with van der Waals surface area (Å²) < 4.78 is 5.56. The maximum atomic E-state index is 12.4. The number of nitrogens with zero attached hydrogens (tertiary/aromatic N) is 1. The van der Waals surface area contributed by atoms with Crippen molar-refractivity contribution in [3.8, 4) is 0 Å². The van der Waals surface area contributed by atoms with Crippen molar-refractivity contribution in [3.63, 3.8) is 0 Å². The molecule has 2 fully saturated rings. The summed E-state index contributed by atoms with van der Waals surface area (Å²) in [7, 11) is 0. The Kier molecular flexibility index (Phi) is 6.87. The molecule has 2 atom stereocenters. The van der Waals surface area contributed by atoms with E-state index in [-0.39, 0.29) is 12.1 Å². The standard InChI is InChI=1S/C17H32N2O2S/c1-17(2,3)21-16(20)19-10-6-4-8-14(19)12-18-13-15-9-5-7-11-22-15/h14-15,18H,4-13H2,1-3H3. The van der Waals surface area contributed by atoms with Crippen molar-refractivity contribution in [3.05, 3.63) is 0 Å². The van der Waals surface area contributed by atoms with E-state index in [9.17, 15) is 4.79 Å². The molecular formula is C17H32N2O2S. The number of thioether (sulfide) groups is 1. The topological polar surface area (TPSA) is 41.6 Å². The van der Waals surface area contributed by atoms with Gasteiger partial charge >= 0.3 is 6.09 Å². The van der Waals surface area contributed by atoms with E-state index in [2.05, 4.69) is 17.1 Å². The lowest BCUT2D eigenvalue weighted by Crippen LogP contribution is -2.50. The molecule has 0 bridgehead atoms. The molecule has 0 aromatic carbocycles. The third-order valence-electron chi connectivity index (χ3n) is 4.28. The number of likely N-dealkylation sites (tertiary alicyclic amines) is 1. The molecule has 0 aromatic heterocycles. The summed E-state index contributed by atoms with van der Waals surface area (Å²) in [5.41, 5.74) is -0.411. The van der Waals surface area contributed by atoms with Crippen LogP contribution in [0.3, 0.4) is 0 Å². The van der Waals surface area contributed by atoms with E-state index in [1.807, 2.05) is 25.7 Å². The van der Waals surface area contributed by atoms with Gasteiger partial charge in [0.25, 0.3) is 0 Å². The molecule has 2 saturated heterocycles. The van der Waals surface area contributed by atoms with E-state index >= 15 is 0 Å². The van der Waals surface area contributed by atoms with Crippen LogP contribution in [0.25, 0.3) is 0 Å². The Balaban J connectivity index is 1.77. The van der Waals surface area contributed by atoms with E-state index < -0.39 is 5.60 Å². The second-order valence-corrected chi connectivity index (χ2v) is 8.88. The van der Waals surface area contributed by atoms with Crippen molar-refractivity contribution >= 4 is 17.9 Å². The summed E-state index contributed by atoms with van der Waals surface area (Å²) in [6.07, 6.45) is 7.31. The largest absolute Gasteiger partial charge is 0.444 e. The Morgan fingerprint density at radius 3 is 2.64 bits per heavy atom. The van der Waals surface area contributed by atoms with Gasteiger partial charge < -0.3 is 15.0 Å². The van der Waals surface area contributed by atoms with Crippen molar-refractivity contribution in [1.29, 1.82) is 0 Å². The predicted molar refractivity (Wildman–Crippen MR) is 93.5 cm³/mol. The minimum Gasteiger partial charge on any atom is -0.444 e. The Bertz CT molecular complexity index is 351. The molecule has 2 rings (SSSR count). The Morgan fingerprint density at radius 2 is 1.95 bits per heavy atom. The van der Waals surface area contributed by atoms with Gasteiger partial charge in [-0.05, 0) is 58.6 Å². The van der Waals surface area contributed by atoms with Crippen LogP contribution in [0.4, 0.5) is 4.79 Å². The summed E-state index contributed by atoms with van der Waals surface area (Å²) >= 11 is 2.10. The van der Waals surface area contributed by atoms with Crippen LogP contribution in [0.15, 0.2) is 0 Å². The minimum absolute atomic E-state index is 0.147. The molecule has 2 aliphatic heterocycles. The zero-order valence-corrected chi connectivity index (χ0v) is 15.2. The Morgan fingerprint density at radius 1 is 1.18 bits per heavy atom. The molecule has 4 nitrogen and oxygen atoms in total. The third kappa shape index (κ3) is 5.99. The number of amides is 1. The maximum Gasteiger partial charge on any atom is 0.410 e. The summed E-state index contributed by atoms with van der Waals surface area (Å²) in [6, 6.07) is 0.289. The highest BCUT2D eigenvalue weighted by Gasteiger charge is 2.30. The quantitative estimate of drug-likeness (QED) is 0.855. The Hall–Kier alpha value is -0.420. The van der Waals surface area contributed by atoms with E-state index in [0.29, 0.717) is 0 Å². The van der Waals surface area contributed by atoms with Gasteiger partial charge in [0, 0.05) is 30.9 Å². The van der Waals surface area contributed by atoms with Crippen molar-refractivity contribution in [2.45, 2.75) is 76.2 Å². The highest BCUT2D eigenvalue weighted by molar-refractivity contribution is 7.99. The number of hydrogen-bond donors (Lipinski definition) is 1. The number of ether oxygens (including phenoxy) is 1. The van der Waals surface area contributed by atoms with Gasteiger partial charge in [0.05, 0.1) is 0 Å². The third-order valence-corrected chi connectivity index (χ3v) is 5.68. The number of hydrogen-bond acceptors (Lipinski definition) is 4. The van der Waals surface area contributed by atoms with Gasteiger partial charge in [0.15, 0.2) is 0 Å². The van der Waals surface area contributed by atoms with E-state index in [4.69, 9.17) is 4.74 Å². The number of carbonyl (C=O) groups excluding carboxylic acids is 1. The highest BCUT2D eigenvalue weighted by Crippen LogP contribution is 2.24. The molecule has 0 aliphatic carbocycles. The average molecular weight is 329 g/mol. The predicted octanol–water partition coefficient (Wildman–Crippen LogP) is 3.65. The zero-order valence-electron chi connectivity index (χ0n) is 14.4. The summed E-state index contributed by atoms with van der Waals surface area (Å²) in [6.45, 7) is 8.60. The molecule has 0 aromatic rings. The smallest absolute Gasteiger partial charge is 0.410 e. The van der Waals surface area contributed by atoms with Gasteiger partial charge in [-0.15, -0.1) is 0 Å². The van der Waals surface area contributed by atoms with Crippen molar-refractivity contribution in [1.82, 2.24) is 10.2 Å². The number of piperidine rings is 1. The molecule has 2 unspecified atom stereocenters. The van der Waals surface area contributed by atoms with Crippen LogP contribution in [0, 0.1) is 0 Å². The Labute approximate surface area is 139 Å². The van der Waals surface area contributed by atoms with Crippen LogP contribution >= 0.6 is 11.8 Å². The number of carbonyl (C=O) groups is 1. The van der Waals surface area contributed by atoms with Crippen LogP contribution in [-0.2, 0) is 4.74 Å². The number of nitrogens with one attached hydrogen (secondary N) is 1. The first-order valence-electron chi connectivity index (χ1n) is 8.77. The maximum absolute atomic E-state index is 12.4. The van der Waals surface area contributed by atoms with Crippen LogP contribution in [-0.4, -0.2) is 53.3 Å². The fourth-order valence-electron chi connectivity index (χ4n) is 3.15. The molecule has 0 saturated carbocycles. The molecule has 2 heterocycles. The molecule has 0 spiro atoms. The van der Waals surface area contributed by atoms with Gasteiger partial charge in [0.1, 0.15) is 5.60 Å². The summed E-state index contributed by atoms with van der Waals surface area (Å²) in [4.78, 5) is 14.3. The van der Waals surface area contributed by atoms with Crippen LogP contribution in [0.2, 0.25) is 0 Å². The second-order valence-electron chi connectivity index (χ2n) is 7.47. The fourth-order valence-corrected chi connectivity index (χ4v) is 4.43. The van der Waals surface area contributed by atoms with Gasteiger partial charge in [-0.25, -0.2) is 4.79 Å². The van der Waals surface area contributed by atoms with Gasteiger partial charge in [-0.1, -0.05) is 6.42 Å². The van der Waals surface area contributed by atoms with E-state index in [1.54, 1.807) is 0 Å². The first-order valence-corrected chi connectivity index (χ1v) is 9.82. The lowest BCUT2D eigenvalue weighted by Gasteiger charge is -2.37. The second kappa shape index (κ2) is 8.44. The molecule has 1 N–H and O–H groups in total. The van der Waals surface area contributed by atoms with Crippen molar-refractivity contribution < 1.29 is 9.53 Å². The molecule has 0 radical (unpaired) electrons. The average Bonchev–Trinajstić information content (AvgIpc) is 2.47. The minimum atomic E-state index is -0.411. The SMILES string of the molecule is CC(C)(C)OC(=O)N1CCCCC1CNCC1CCCCS1. The first kappa shape index (κ1) is 17.9. The fraction of sp³-hybridized carbons (Fsp3) is 0.941. The normalized spacial score (nSPS) is 26.8. The molecule has 22 heavy (non-hydrogen) atoms. The van der Waals surface area contributed by atoms with Crippen molar-refractivity contribution in [2.24, 2.45) is 0 Å².